The molecule has 2 aromatic rings. The van der Waals surface area contributed by atoms with Crippen LogP contribution < -0.4 is 5.32 Å². The van der Waals surface area contributed by atoms with E-state index in [0.29, 0.717) is 0 Å². The number of aromatic nitrogens is 2. The van der Waals surface area contributed by atoms with Crippen molar-refractivity contribution >= 4 is 5.91 Å². The van der Waals surface area contributed by atoms with E-state index >= 15 is 0 Å². The van der Waals surface area contributed by atoms with Crippen LogP contribution in [0.4, 0.5) is 4.39 Å². The molecule has 1 amide bonds. The topological polar surface area (TPSA) is 68.0 Å². The van der Waals surface area contributed by atoms with Crippen molar-refractivity contribution < 1.29 is 13.7 Å². The smallest absolute Gasteiger partial charge is 0.246 e. The van der Waals surface area contributed by atoms with Crippen molar-refractivity contribution in [3.05, 3.63) is 36.0 Å². The first-order valence-electron chi connectivity index (χ1n) is 4.99. The summed E-state index contributed by atoms with van der Waals surface area (Å²) in [5, 5.41) is 6.16. The SMILES string of the molecule is CC(=O)NCc1nc(-c2ccccc2F)no1. The molecule has 88 valence electrons. The lowest BCUT2D eigenvalue weighted by molar-refractivity contribution is -0.119. The van der Waals surface area contributed by atoms with E-state index in [1.165, 1.54) is 13.0 Å². The fraction of sp³-hybridized carbons (Fsp3) is 0.182. The number of halogens is 1. The van der Waals surface area contributed by atoms with Crippen molar-refractivity contribution in [3.8, 4) is 11.4 Å². The van der Waals surface area contributed by atoms with Gasteiger partial charge in [0.15, 0.2) is 0 Å². The fourth-order valence-corrected chi connectivity index (χ4v) is 1.28. The first-order valence-corrected chi connectivity index (χ1v) is 4.99. The summed E-state index contributed by atoms with van der Waals surface area (Å²) in [4.78, 5) is 14.7. The summed E-state index contributed by atoms with van der Waals surface area (Å²) in [6, 6.07) is 6.14. The van der Waals surface area contributed by atoms with Gasteiger partial charge in [-0.2, -0.15) is 4.98 Å². The van der Waals surface area contributed by atoms with Gasteiger partial charge in [-0.1, -0.05) is 17.3 Å². The lowest BCUT2D eigenvalue weighted by atomic mass is 10.2. The van der Waals surface area contributed by atoms with Crippen LogP contribution in [0.2, 0.25) is 0 Å². The van der Waals surface area contributed by atoms with Gasteiger partial charge in [0.05, 0.1) is 12.1 Å². The Kier molecular flexibility index (Phi) is 3.13. The highest BCUT2D eigenvalue weighted by Gasteiger charge is 2.11. The van der Waals surface area contributed by atoms with Crippen LogP contribution in [0.3, 0.4) is 0 Å². The van der Waals surface area contributed by atoms with Crippen LogP contribution in [-0.4, -0.2) is 16.0 Å². The Bertz CT molecular complexity index is 539. The number of nitrogens with zero attached hydrogens (tertiary/aromatic N) is 2. The standard InChI is InChI=1S/C11H10FN3O2/c1-7(16)13-6-10-14-11(15-17-10)8-4-2-3-5-9(8)12/h2-5H,6H2,1H3,(H,13,16). The van der Waals surface area contributed by atoms with Crippen molar-refractivity contribution in [3.63, 3.8) is 0 Å². The minimum absolute atomic E-state index is 0.136. The molecular formula is C11H10FN3O2. The van der Waals surface area contributed by atoms with Gasteiger partial charge >= 0.3 is 0 Å². The molecule has 5 nitrogen and oxygen atoms in total. The molecule has 2 rings (SSSR count). The Labute approximate surface area is 96.6 Å². The number of amides is 1. The normalized spacial score (nSPS) is 10.2. The average Bonchev–Trinajstić information content (AvgIpc) is 2.75. The molecule has 0 spiro atoms. The zero-order chi connectivity index (χ0) is 12.3. The molecule has 0 aliphatic rings. The highest BCUT2D eigenvalue weighted by atomic mass is 19.1. The van der Waals surface area contributed by atoms with Gasteiger partial charge in [0.2, 0.25) is 17.6 Å². The second-order valence-corrected chi connectivity index (χ2v) is 3.40. The van der Waals surface area contributed by atoms with Crippen molar-refractivity contribution in [1.29, 1.82) is 0 Å². The minimum Gasteiger partial charge on any atom is -0.347 e. The molecule has 17 heavy (non-hydrogen) atoms. The fourth-order valence-electron chi connectivity index (χ4n) is 1.28. The van der Waals surface area contributed by atoms with Gasteiger partial charge in [0.1, 0.15) is 5.82 Å². The maximum Gasteiger partial charge on any atom is 0.246 e. The molecule has 0 fully saturated rings. The molecule has 0 saturated carbocycles. The molecule has 1 aromatic heterocycles. The molecule has 1 N–H and O–H groups in total. The summed E-state index contributed by atoms with van der Waals surface area (Å²) < 4.78 is 18.3. The highest BCUT2D eigenvalue weighted by molar-refractivity contribution is 5.72. The molecule has 0 radical (unpaired) electrons. The summed E-state index contributed by atoms with van der Waals surface area (Å²) in [7, 11) is 0. The first-order chi connectivity index (χ1) is 8.16. The number of carbonyl (C=O) groups excluding carboxylic acids is 1. The van der Waals surface area contributed by atoms with Crippen LogP contribution in [0.15, 0.2) is 28.8 Å². The molecule has 0 aliphatic carbocycles. The third-order valence-electron chi connectivity index (χ3n) is 2.07. The zero-order valence-corrected chi connectivity index (χ0v) is 9.11. The van der Waals surface area contributed by atoms with Crippen LogP contribution >= 0.6 is 0 Å². The van der Waals surface area contributed by atoms with E-state index in [0.717, 1.165) is 0 Å². The van der Waals surface area contributed by atoms with Crippen molar-refractivity contribution in [2.45, 2.75) is 13.5 Å². The molecule has 0 saturated heterocycles. The monoisotopic (exact) mass is 235 g/mol. The molecule has 0 atom stereocenters. The van der Waals surface area contributed by atoms with E-state index in [-0.39, 0.29) is 29.7 Å². The summed E-state index contributed by atoms with van der Waals surface area (Å²) in [6.07, 6.45) is 0. The van der Waals surface area contributed by atoms with Gasteiger partial charge in [-0.15, -0.1) is 0 Å². The summed E-state index contributed by atoms with van der Waals surface area (Å²) >= 11 is 0. The summed E-state index contributed by atoms with van der Waals surface area (Å²) in [5.74, 6) is -0.211. The van der Waals surface area contributed by atoms with Gasteiger partial charge in [-0.25, -0.2) is 4.39 Å². The number of hydrogen-bond acceptors (Lipinski definition) is 4. The minimum atomic E-state index is -0.417. The molecular weight excluding hydrogens is 225 g/mol. The van der Waals surface area contributed by atoms with Crippen molar-refractivity contribution in [2.24, 2.45) is 0 Å². The van der Waals surface area contributed by atoms with E-state index in [9.17, 15) is 9.18 Å². The van der Waals surface area contributed by atoms with E-state index < -0.39 is 5.82 Å². The second-order valence-electron chi connectivity index (χ2n) is 3.40. The number of carbonyl (C=O) groups is 1. The van der Waals surface area contributed by atoms with E-state index in [1.807, 2.05) is 0 Å². The molecule has 1 heterocycles. The van der Waals surface area contributed by atoms with Crippen molar-refractivity contribution in [1.82, 2.24) is 15.5 Å². The Morgan fingerprint density at radius 3 is 2.94 bits per heavy atom. The molecule has 1 aromatic carbocycles. The summed E-state index contributed by atoms with van der Waals surface area (Å²) in [6.45, 7) is 1.52. The van der Waals surface area contributed by atoms with Gasteiger partial charge in [-0.3, -0.25) is 4.79 Å². The first kappa shape index (κ1) is 11.3. The van der Waals surface area contributed by atoms with Crippen molar-refractivity contribution in [2.75, 3.05) is 0 Å². The van der Waals surface area contributed by atoms with Gasteiger partial charge in [0.25, 0.3) is 0 Å². The summed E-state index contributed by atoms with van der Waals surface area (Å²) in [5.41, 5.74) is 0.269. The highest BCUT2D eigenvalue weighted by Crippen LogP contribution is 2.18. The van der Waals surface area contributed by atoms with Gasteiger partial charge in [0, 0.05) is 6.92 Å². The Balaban J connectivity index is 2.18. The number of rotatable bonds is 3. The van der Waals surface area contributed by atoms with E-state index in [1.54, 1.807) is 18.2 Å². The largest absolute Gasteiger partial charge is 0.347 e. The van der Waals surface area contributed by atoms with E-state index in [4.69, 9.17) is 4.52 Å². The number of nitrogens with one attached hydrogen (secondary N) is 1. The molecule has 0 aliphatic heterocycles. The van der Waals surface area contributed by atoms with Gasteiger partial charge < -0.3 is 9.84 Å². The predicted molar refractivity (Wildman–Crippen MR) is 57.2 cm³/mol. The predicted octanol–water partition coefficient (Wildman–Crippen LogP) is 1.51. The zero-order valence-electron chi connectivity index (χ0n) is 9.11. The van der Waals surface area contributed by atoms with Crippen LogP contribution in [-0.2, 0) is 11.3 Å². The van der Waals surface area contributed by atoms with Crippen LogP contribution in [0, 0.1) is 5.82 Å². The average molecular weight is 235 g/mol. The Morgan fingerprint density at radius 2 is 2.24 bits per heavy atom. The van der Waals surface area contributed by atoms with E-state index in [2.05, 4.69) is 15.5 Å². The number of hydrogen-bond donors (Lipinski definition) is 1. The van der Waals surface area contributed by atoms with Crippen LogP contribution in [0.25, 0.3) is 11.4 Å². The van der Waals surface area contributed by atoms with Crippen LogP contribution in [0.5, 0.6) is 0 Å². The Morgan fingerprint density at radius 1 is 1.47 bits per heavy atom. The third-order valence-corrected chi connectivity index (χ3v) is 2.07. The van der Waals surface area contributed by atoms with Crippen LogP contribution in [0.1, 0.15) is 12.8 Å². The maximum atomic E-state index is 13.4. The number of benzene rings is 1. The van der Waals surface area contributed by atoms with Gasteiger partial charge in [-0.05, 0) is 12.1 Å². The molecule has 0 unspecified atom stereocenters. The molecule has 6 heteroatoms. The quantitative estimate of drug-likeness (QED) is 0.875. The maximum absolute atomic E-state index is 13.4. The third kappa shape index (κ3) is 2.66. The lowest BCUT2D eigenvalue weighted by Crippen LogP contribution is -2.18. The molecule has 0 bridgehead atoms. The Hall–Kier alpha value is -2.24. The second kappa shape index (κ2) is 4.73. The lowest BCUT2D eigenvalue weighted by Gasteiger charge is -1.95.